The number of halogens is 1. The van der Waals surface area contributed by atoms with Gasteiger partial charge in [0.15, 0.2) is 0 Å². The molecule has 1 aliphatic carbocycles. The molecule has 0 unspecified atom stereocenters. The third-order valence-electron chi connectivity index (χ3n) is 4.00. The third kappa shape index (κ3) is 2.31. The molecule has 3 rings (SSSR count). The van der Waals surface area contributed by atoms with Crippen LogP contribution in [0.4, 0.5) is 0 Å². The standard InChI is InChI=1S/C11H20N2O.ClH/c1-11(2-3-11)8-13-4-5-14-10-7-12-6-9(10)13;/h9-10,12H,2-8H2,1H3;1H/t9-,10+;/m1./s1. The highest BCUT2D eigenvalue weighted by atomic mass is 35.5. The zero-order chi connectivity index (χ0) is 9.60. The topological polar surface area (TPSA) is 24.5 Å². The van der Waals surface area contributed by atoms with Crippen LogP contribution in [-0.2, 0) is 4.74 Å². The lowest BCUT2D eigenvalue weighted by Gasteiger charge is -2.38. The van der Waals surface area contributed by atoms with Gasteiger partial charge in [0.25, 0.3) is 0 Å². The number of rotatable bonds is 2. The van der Waals surface area contributed by atoms with Gasteiger partial charge in [-0.15, -0.1) is 12.4 Å². The third-order valence-corrected chi connectivity index (χ3v) is 4.00. The first-order valence-corrected chi connectivity index (χ1v) is 5.83. The van der Waals surface area contributed by atoms with Crippen LogP contribution in [0.25, 0.3) is 0 Å². The molecular weight excluding hydrogens is 212 g/mol. The summed E-state index contributed by atoms with van der Waals surface area (Å²) < 4.78 is 5.76. The van der Waals surface area contributed by atoms with Crippen LogP contribution >= 0.6 is 12.4 Å². The maximum atomic E-state index is 5.76. The van der Waals surface area contributed by atoms with Gasteiger partial charge in [-0.3, -0.25) is 4.90 Å². The van der Waals surface area contributed by atoms with Crippen molar-refractivity contribution < 1.29 is 4.74 Å². The summed E-state index contributed by atoms with van der Waals surface area (Å²) in [5, 5.41) is 3.43. The fourth-order valence-corrected chi connectivity index (χ4v) is 2.72. The molecule has 3 fully saturated rings. The molecule has 2 heterocycles. The molecule has 15 heavy (non-hydrogen) atoms. The summed E-state index contributed by atoms with van der Waals surface area (Å²) in [7, 11) is 0. The largest absolute Gasteiger partial charge is 0.374 e. The Morgan fingerprint density at radius 1 is 1.40 bits per heavy atom. The van der Waals surface area contributed by atoms with E-state index >= 15 is 0 Å². The molecule has 2 aliphatic heterocycles. The SMILES string of the molecule is CC1(CN2CCO[C@H]3CNC[C@H]32)CC1.Cl. The summed E-state index contributed by atoms with van der Waals surface area (Å²) >= 11 is 0. The fraction of sp³-hybridized carbons (Fsp3) is 1.00. The van der Waals surface area contributed by atoms with Gasteiger partial charge in [-0.25, -0.2) is 0 Å². The first-order chi connectivity index (χ1) is 6.77. The Morgan fingerprint density at radius 3 is 2.93 bits per heavy atom. The first-order valence-electron chi connectivity index (χ1n) is 5.83. The van der Waals surface area contributed by atoms with E-state index in [1.165, 1.54) is 19.4 Å². The van der Waals surface area contributed by atoms with Gasteiger partial charge in [0, 0.05) is 32.2 Å². The number of fused-ring (bicyclic) bond motifs is 1. The average Bonchev–Trinajstić information content (AvgIpc) is 2.73. The molecule has 0 spiro atoms. The van der Waals surface area contributed by atoms with Crippen molar-refractivity contribution in [3.8, 4) is 0 Å². The summed E-state index contributed by atoms with van der Waals surface area (Å²) in [6.45, 7) is 7.95. The summed E-state index contributed by atoms with van der Waals surface area (Å²) in [4.78, 5) is 2.65. The predicted octanol–water partition coefficient (Wildman–Crippen LogP) is 0.881. The van der Waals surface area contributed by atoms with Crippen LogP contribution in [0.1, 0.15) is 19.8 Å². The van der Waals surface area contributed by atoms with E-state index in [-0.39, 0.29) is 12.4 Å². The molecule has 0 aromatic carbocycles. The zero-order valence-corrected chi connectivity index (χ0v) is 10.2. The van der Waals surface area contributed by atoms with Gasteiger partial charge in [0.1, 0.15) is 0 Å². The van der Waals surface area contributed by atoms with Gasteiger partial charge in [-0.2, -0.15) is 0 Å². The van der Waals surface area contributed by atoms with Gasteiger partial charge in [0.2, 0.25) is 0 Å². The molecule has 1 N–H and O–H groups in total. The van der Waals surface area contributed by atoms with E-state index in [0.29, 0.717) is 17.6 Å². The molecule has 3 aliphatic rings. The molecule has 4 heteroatoms. The van der Waals surface area contributed by atoms with Crippen molar-refractivity contribution in [3.05, 3.63) is 0 Å². The zero-order valence-electron chi connectivity index (χ0n) is 9.37. The number of nitrogens with one attached hydrogen (secondary N) is 1. The summed E-state index contributed by atoms with van der Waals surface area (Å²) in [5.41, 5.74) is 0.643. The highest BCUT2D eigenvalue weighted by Gasteiger charge is 2.43. The van der Waals surface area contributed by atoms with Gasteiger partial charge in [0.05, 0.1) is 12.7 Å². The van der Waals surface area contributed by atoms with Crippen LogP contribution in [0.5, 0.6) is 0 Å². The highest BCUT2D eigenvalue weighted by molar-refractivity contribution is 5.85. The second kappa shape index (κ2) is 4.21. The van der Waals surface area contributed by atoms with Crippen molar-refractivity contribution in [2.75, 3.05) is 32.8 Å². The molecule has 88 valence electrons. The summed E-state index contributed by atoms with van der Waals surface area (Å²) in [6, 6.07) is 0.654. The molecule has 0 radical (unpaired) electrons. The highest BCUT2D eigenvalue weighted by Crippen LogP contribution is 2.46. The molecule has 0 amide bonds. The van der Waals surface area contributed by atoms with Crippen molar-refractivity contribution >= 4 is 12.4 Å². The van der Waals surface area contributed by atoms with Crippen LogP contribution in [-0.4, -0.2) is 49.8 Å². The van der Waals surface area contributed by atoms with Crippen LogP contribution in [0.2, 0.25) is 0 Å². The Kier molecular flexibility index (Phi) is 3.27. The van der Waals surface area contributed by atoms with Crippen molar-refractivity contribution in [2.45, 2.75) is 31.9 Å². The number of hydrogen-bond donors (Lipinski definition) is 1. The molecule has 1 saturated carbocycles. The van der Waals surface area contributed by atoms with Crippen LogP contribution < -0.4 is 5.32 Å². The Labute approximate surface area is 97.9 Å². The number of hydrogen-bond acceptors (Lipinski definition) is 3. The van der Waals surface area contributed by atoms with Crippen molar-refractivity contribution in [1.29, 1.82) is 0 Å². The normalized spacial score (nSPS) is 38.2. The Bertz CT molecular complexity index is 233. The number of morpholine rings is 1. The van der Waals surface area contributed by atoms with Crippen LogP contribution in [0.3, 0.4) is 0 Å². The van der Waals surface area contributed by atoms with Crippen molar-refractivity contribution in [2.24, 2.45) is 5.41 Å². The number of nitrogens with zero attached hydrogens (tertiary/aromatic N) is 1. The van der Waals surface area contributed by atoms with Crippen LogP contribution in [0, 0.1) is 5.41 Å². The minimum atomic E-state index is 0. The summed E-state index contributed by atoms with van der Waals surface area (Å²) in [6.07, 6.45) is 3.32. The van der Waals surface area contributed by atoms with E-state index in [9.17, 15) is 0 Å². The van der Waals surface area contributed by atoms with Gasteiger partial charge in [-0.1, -0.05) is 6.92 Å². The molecule has 2 atom stereocenters. The summed E-state index contributed by atoms with van der Waals surface area (Å²) in [5.74, 6) is 0. The molecule has 2 saturated heterocycles. The molecule has 0 bridgehead atoms. The van der Waals surface area contributed by atoms with Gasteiger partial charge in [-0.05, 0) is 18.3 Å². The van der Waals surface area contributed by atoms with Gasteiger partial charge < -0.3 is 10.1 Å². The molecular formula is C11H21ClN2O. The monoisotopic (exact) mass is 232 g/mol. The second-order valence-corrected chi connectivity index (χ2v) is 5.42. The molecule has 0 aromatic heterocycles. The Hall–Kier alpha value is 0.170. The fourth-order valence-electron chi connectivity index (χ4n) is 2.72. The maximum absolute atomic E-state index is 5.76. The molecule has 3 nitrogen and oxygen atoms in total. The lowest BCUT2D eigenvalue weighted by atomic mass is 10.1. The quantitative estimate of drug-likeness (QED) is 0.765. The van der Waals surface area contributed by atoms with E-state index in [0.717, 1.165) is 26.2 Å². The first kappa shape index (κ1) is 11.6. The lowest BCUT2D eigenvalue weighted by molar-refractivity contribution is -0.0522. The molecule has 0 aromatic rings. The predicted molar refractivity (Wildman–Crippen MR) is 62.6 cm³/mol. The van der Waals surface area contributed by atoms with Crippen molar-refractivity contribution in [1.82, 2.24) is 10.2 Å². The van der Waals surface area contributed by atoms with Crippen LogP contribution in [0.15, 0.2) is 0 Å². The minimum absolute atomic E-state index is 0. The number of ether oxygens (including phenoxy) is 1. The van der Waals surface area contributed by atoms with E-state index in [2.05, 4.69) is 17.1 Å². The van der Waals surface area contributed by atoms with E-state index in [1.54, 1.807) is 0 Å². The van der Waals surface area contributed by atoms with E-state index in [1.807, 2.05) is 0 Å². The average molecular weight is 233 g/mol. The lowest BCUT2D eigenvalue weighted by Crippen LogP contribution is -2.52. The van der Waals surface area contributed by atoms with Crippen molar-refractivity contribution in [3.63, 3.8) is 0 Å². The van der Waals surface area contributed by atoms with E-state index < -0.39 is 0 Å². The maximum Gasteiger partial charge on any atom is 0.0867 e. The van der Waals surface area contributed by atoms with E-state index in [4.69, 9.17) is 4.74 Å². The second-order valence-electron chi connectivity index (χ2n) is 5.42. The Balaban J connectivity index is 0.000000853. The smallest absolute Gasteiger partial charge is 0.0867 e. The van der Waals surface area contributed by atoms with Gasteiger partial charge >= 0.3 is 0 Å². The Morgan fingerprint density at radius 2 is 2.20 bits per heavy atom. The minimum Gasteiger partial charge on any atom is -0.374 e.